The Labute approximate surface area is 259 Å². The zero-order valence-corrected chi connectivity index (χ0v) is 27.8. The van der Waals surface area contributed by atoms with E-state index in [4.69, 9.17) is 0 Å². The van der Waals surface area contributed by atoms with Gasteiger partial charge in [0.05, 0.1) is 0 Å². The van der Waals surface area contributed by atoms with Crippen molar-refractivity contribution in [2.24, 2.45) is 22.7 Å². The highest BCUT2D eigenvalue weighted by Crippen LogP contribution is 2.69. The molecular formula is C42H62. The molecular weight excluding hydrogens is 504 g/mol. The molecule has 0 aliphatic heterocycles. The first-order valence-electron chi connectivity index (χ1n) is 18.6. The zero-order chi connectivity index (χ0) is 29.2. The van der Waals surface area contributed by atoms with Gasteiger partial charge in [0.2, 0.25) is 0 Å². The molecule has 0 radical (unpaired) electrons. The predicted octanol–water partition coefficient (Wildman–Crippen LogP) is 13.1. The van der Waals surface area contributed by atoms with Crippen molar-refractivity contribution in [3.8, 4) is 0 Å². The van der Waals surface area contributed by atoms with E-state index in [9.17, 15) is 0 Å². The average Bonchev–Trinajstić information content (AvgIpc) is 2.99. The first-order valence-corrected chi connectivity index (χ1v) is 18.6. The average molecular weight is 567 g/mol. The summed E-state index contributed by atoms with van der Waals surface area (Å²) in [6, 6.07) is 20.0. The molecule has 230 valence electrons. The molecule has 6 rings (SSSR count). The second kappa shape index (κ2) is 13.2. The third-order valence-corrected chi connectivity index (χ3v) is 13.6. The Hall–Kier alpha value is -1.56. The maximum atomic E-state index is 2.62. The van der Waals surface area contributed by atoms with Crippen molar-refractivity contribution >= 4 is 0 Å². The van der Waals surface area contributed by atoms with E-state index in [0.717, 1.165) is 35.5 Å². The van der Waals surface area contributed by atoms with Crippen molar-refractivity contribution in [3.05, 3.63) is 70.8 Å². The van der Waals surface area contributed by atoms with Gasteiger partial charge >= 0.3 is 0 Å². The van der Waals surface area contributed by atoms with E-state index in [1.807, 2.05) is 0 Å². The third kappa shape index (κ3) is 6.44. The molecule has 4 fully saturated rings. The molecule has 4 saturated carbocycles. The Balaban J connectivity index is 0.956. The van der Waals surface area contributed by atoms with Crippen LogP contribution < -0.4 is 0 Å². The van der Waals surface area contributed by atoms with Crippen molar-refractivity contribution in [1.29, 1.82) is 0 Å². The van der Waals surface area contributed by atoms with Crippen LogP contribution in [0.2, 0.25) is 0 Å². The van der Waals surface area contributed by atoms with E-state index in [1.54, 1.807) is 22.3 Å². The van der Waals surface area contributed by atoms with Crippen LogP contribution in [0.1, 0.15) is 189 Å². The van der Waals surface area contributed by atoms with Gasteiger partial charge in [-0.25, -0.2) is 0 Å². The molecule has 0 unspecified atom stereocenters. The molecule has 42 heavy (non-hydrogen) atoms. The van der Waals surface area contributed by atoms with Crippen LogP contribution in [0, 0.1) is 22.7 Å². The maximum Gasteiger partial charge on any atom is -0.0151 e. The Kier molecular flexibility index (Phi) is 9.58. The summed E-state index contributed by atoms with van der Waals surface area (Å²) in [5.41, 5.74) is 7.49. The Morgan fingerprint density at radius 1 is 0.452 bits per heavy atom. The van der Waals surface area contributed by atoms with E-state index >= 15 is 0 Å². The minimum atomic E-state index is 0.514. The SMILES string of the molecule is CCCCCC1CCC(c2ccc(C3CC(C)(C4(C)CC(c5ccc(C6CCC(CCC)CC6)cc5)C4)C3)cc2)CC1. The van der Waals surface area contributed by atoms with Gasteiger partial charge in [0.25, 0.3) is 0 Å². The van der Waals surface area contributed by atoms with Gasteiger partial charge in [-0.05, 0) is 146 Å². The van der Waals surface area contributed by atoms with Crippen LogP contribution in [0.25, 0.3) is 0 Å². The summed E-state index contributed by atoms with van der Waals surface area (Å²) in [5, 5.41) is 0. The van der Waals surface area contributed by atoms with Crippen LogP contribution in [0.3, 0.4) is 0 Å². The first-order chi connectivity index (χ1) is 20.4. The standard InChI is InChI=1S/C42H62/c1-5-7-8-10-32-13-17-34(18-14-32)36-21-25-38(26-22-36)40-29-42(4,30-40)41(3)27-39(28-41)37-23-19-35(20-24-37)33-15-11-31(9-6-2)12-16-33/h19-26,31-34,39-40H,5-18,27-30H2,1-4H3. The summed E-state index contributed by atoms with van der Waals surface area (Å²) < 4.78 is 0. The van der Waals surface area contributed by atoms with Crippen molar-refractivity contribution in [1.82, 2.24) is 0 Å². The smallest absolute Gasteiger partial charge is 0.0151 e. The molecule has 0 saturated heterocycles. The minimum absolute atomic E-state index is 0.514. The second-order valence-corrected chi connectivity index (χ2v) is 16.4. The molecule has 4 aliphatic carbocycles. The highest BCUT2D eigenvalue weighted by Gasteiger charge is 2.58. The van der Waals surface area contributed by atoms with Crippen LogP contribution in [0.15, 0.2) is 48.5 Å². The van der Waals surface area contributed by atoms with Gasteiger partial charge in [-0.3, -0.25) is 0 Å². The number of benzene rings is 2. The fourth-order valence-electron chi connectivity index (χ4n) is 10.3. The Morgan fingerprint density at radius 2 is 0.810 bits per heavy atom. The lowest BCUT2D eigenvalue weighted by atomic mass is 9.41. The molecule has 0 atom stereocenters. The van der Waals surface area contributed by atoms with Gasteiger partial charge in [-0.15, -0.1) is 0 Å². The fourth-order valence-corrected chi connectivity index (χ4v) is 10.3. The van der Waals surface area contributed by atoms with Gasteiger partial charge in [0, 0.05) is 0 Å². The van der Waals surface area contributed by atoms with E-state index in [0.29, 0.717) is 10.8 Å². The topological polar surface area (TPSA) is 0 Å². The number of unbranched alkanes of at least 4 members (excludes halogenated alkanes) is 2. The van der Waals surface area contributed by atoms with Crippen LogP contribution in [-0.2, 0) is 0 Å². The first kappa shape index (κ1) is 30.5. The van der Waals surface area contributed by atoms with Crippen molar-refractivity contribution in [2.45, 2.75) is 167 Å². The van der Waals surface area contributed by atoms with Crippen LogP contribution in [0.4, 0.5) is 0 Å². The van der Waals surface area contributed by atoms with Crippen molar-refractivity contribution in [3.63, 3.8) is 0 Å². The van der Waals surface area contributed by atoms with Gasteiger partial charge in [0.1, 0.15) is 0 Å². The van der Waals surface area contributed by atoms with Crippen LogP contribution in [0.5, 0.6) is 0 Å². The molecule has 0 aromatic heterocycles. The zero-order valence-electron chi connectivity index (χ0n) is 27.8. The maximum absolute atomic E-state index is 2.62. The van der Waals surface area contributed by atoms with Gasteiger partial charge in [-0.1, -0.05) is 115 Å². The molecule has 4 aliphatic rings. The lowest BCUT2D eigenvalue weighted by Gasteiger charge is -2.63. The Morgan fingerprint density at radius 3 is 1.17 bits per heavy atom. The summed E-state index contributed by atoms with van der Waals surface area (Å²) in [6.07, 6.45) is 25.5. The normalized spacial score (nSPS) is 36.7. The summed E-state index contributed by atoms with van der Waals surface area (Å²) in [5.74, 6) is 5.19. The summed E-state index contributed by atoms with van der Waals surface area (Å²) in [6.45, 7) is 9.90. The van der Waals surface area contributed by atoms with Gasteiger partial charge < -0.3 is 0 Å². The lowest BCUT2D eigenvalue weighted by molar-refractivity contribution is -0.0927. The van der Waals surface area contributed by atoms with E-state index in [2.05, 4.69) is 76.2 Å². The quantitative estimate of drug-likeness (QED) is 0.237. The van der Waals surface area contributed by atoms with Gasteiger partial charge in [-0.2, -0.15) is 0 Å². The lowest BCUT2D eigenvalue weighted by Crippen LogP contribution is -2.52. The molecule has 2 aromatic carbocycles. The second-order valence-electron chi connectivity index (χ2n) is 16.4. The summed E-state index contributed by atoms with van der Waals surface area (Å²) in [7, 11) is 0. The molecule has 0 bridgehead atoms. The summed E-state index contributed by atoms with van der Waals surface area (Å²) >= 11 is 0. The molecule has 0 amide bonds. The van der Waals surface area contributed by atoms with Crippen LogP contribution >= 0.6 is 0 Å². The van der Waals surface area contributed by atoms with Crippen molar-refractivity contribution < 1.29 is 0 Å². The minimum Gasteiger partial charge on any atom is -0.0654 e. The molecule has 0 nitrogen and oxygen atoms in total. The molecule has 0 N–H and O–H groups in total. The van der Waals surface area contributed by atoms with Gasteiger partial charge in [0.15, 0.2) is 0 Å². The third-order valence-electron chi connectivity index (χ3n) is 13.6. The fraction of sp³-hybridized carbons (Fsp3) is 0.714. The monoisotopic (exact) mass is 566 g/mol. The molecule has 0 heterocycles. The van der Waals surface area contributed by atoms with E-state index in [-0.39, 0.29) is 0 Å². The van der Waals surface area contributed by atoms with Crippen LogP contribution in [-0.4, -0.2) is 0 Å². The Bertz CT molecular complexity index is 1090. The largest absolute Gasteiger partial charge is 0.0654 e. The molecule has 0 spiro atoms. The van der Waals surface area contributed by atoms with E-state index < -0.39 is 0 Å². The highest BCUT2D eigenvalue weighted by atomic mass is 14.6. The van der Waals surface area contributed by atoms with Crippen molar-refractivity contribution in [2.75, 3.05) is 0 Å². The number of rotatable bonds is 11. The molecule has 0 heteroatoms. The van der Waals surface area contributed by atoms with E-state index in [1.165, 1.54) is 116 Å². The number of hydrogen-bond donors (Lipinski definition) is 0. The predicted molar refractivity (Wildman–Crippen MR) is 181 cm³/mol. The molecule has 2 aromatic rings. The number of hydrogen-bond acceptors (Lipinski definition) is 0. The summed E-state index contributed by atoms with van der Waals surface area (Å²) in [4.78, 5) is 0. The highest BCUT2D eigenvalue weighted by molar-refractivity contribution is 5.33.